The Hall–Kier alpha value is -2.18. The third kappa shape index (κ3) is 4.14. The van der Waals surface area contributed by atoms with Gasteiger partial charge in [0.15, 0.2) is 5.82 Å². The Kier molecular flexibility index (Phi) is 4.40. The van der Waals surface area contributed by atoms with Crippen LogP contribution in [0, 0.1) is 5.41 Å². The van der Waals surface area contributed by atoms with Gasteiger partial charge in [0, 0.05) is 18.0 Å². The molecule has 0 aliphatic rings. The van der Waals surface area contributed by atoms with E-state index in [4.69, 9.17) is 4.52 Å². The molecule has 0 saturated heterocycles. The van der Waals surface area contributed by atoms with Crippen LogP contribution in [-0.2, 0) is 17.8 Å². The minimum Gasteiger partial charge on any atom is -0.337 e. The molecule has 2 rings (SSSR count). The lowest BCUT2D eigenvalue weighted by atomic mass is 9.96. The molecule has 7 heteroatoms. The predicted octanol–water partition coefficient (Wildman–Crippen LogP) is 2.25. The first-order valence-electron chi connectivity index (χ1n) is 7.04. The van der Waals surface area contributed by atoms with Gasteiger partial charge < -0.3 is 9.84 Å². The molecule has 2 aromatic rings. The molecule has 7 nitrogen and oxygen atoms in total. The molecule has 0 fully saturated rings. The topological polar surface area (TPSA) is 85.8 Å². The lowest BCUT2D eigenvalue weighted by molar-refractivity contribution is -0.123. The summed E-state index contributed by atoms with van der Waals surface area (Å²) in [5.74, 6) is 1.17. The van der Waals surface area contributed by atoms with E-state index in [1.807, 2.05) is 20.8 Å². The summed E-state index contributed by atoms with van der Waals surface area (Å²) in [5.41, 5.74) is 0.215. The van der Waals surface area contributed by atoms with Gasteiger partial charge >= 0.3 is 0 Å². The lowest BCUT2D eigenvalue weighted by Gasteiger charge is -2.16. The first-order valence-corrected chi connectivity index (χ1v) is 7.04. The molecule has 0 aliphatic carbocycles. The van der Waals surface area contributed by atoms with E-state index in [1.54, 1.807) is 17.1 Å². The second kappa shape index (κ2) is 6.07. The Labute approximate surface area is 123 Å². The number of amides is 1. The monoisotopic (exact) mass is 291 g/mol. The molecule has 21 heavy (non-hydrogen) atoms. The number of hydrogen-bond acceptors (Lipinski definition) is 5. The summed E-state index contributed by atoms with van der Waals surface area (Å²) in [5, 5.41) is 10.9. The number of carbonyl (C=O) groups is 1. The molecule has 2 heterocycles. The molecule has 2 aromatic heterocycles. The van der Waals surface area contributed by atoms with Crippen molar-refractivity contribution in [1.82, 2.24) is 19.9 Å². The summed E-state index contributed by atoms with van der Waals surface area (Å²) in [7, 11) is 0. The van der Waals surface area contributed by atoms with Crippen molar-refractivity contribution in [2.24, 2.45) is 5.41 Å². The van der Waals surface area contributed by atoms with Gasteiger partial charge in [-0.25, -0.2) is 0 Å². The molecular formula is C14H21N5O2. The Morgan fingerprint density at radius 2 is 2.19 bits per heavy atom. The van der Waals surface area contributed by atoms with Gasteiger partial charge in [0.25, 0.3) is 0 Å². The van der Waals surface area contributed by atoms with Crippen LogP contribution in [0.4, 0.5) is 5.69 Å². The Morgan fingerprint density at radius 3 is 2.86 bits per heavy atom. The molecule has 0 unspecified atom stereocenters. The zero-order chi connectivity index (χ0) is 15.5. The van der Waals surface area contributed by atoms with Crippen LogP contribution in [0.1, 0.15) is 45.8 Å². The van der Waals surface area contributed by atoms with Gasteiger partial charge in [-0.2, -0.15) is 10.1 Å². The molecule has 0 atom stereocenters. The third-order valence-electron chi connectivity index (χ3n) is 2.85. The summed E-state index contributed by atoms with van der Waals surface area (Å²) < 4.78 is 6.81. The van der Waals surface area contributed by atoms with Crippen LogP contribution in [-0.4, -0.2) is 25.8 Å². The predicted molar refractivity (Wildman–Crippen MR) is 77.7 cm³/mol. The van der Waals surface area contributed by atoms with Gasteiger partial charge in [-0.1, -0.05) is 32.9 Å². The summed E-state index contributed by atoms with van der Waals surface area (Å²) >= 11 is 0. The van der Waals surface area contributed by atoms with Crippen LogP contribution < -0.4 is 5.32 Å². The number of nitrogens with zero attached hydrogens (tertiary/aromatic N) is 4. The number of aromatic nitrogens is 4. The van der Waals surface area contributed by atoms with Crippen LogP contribution in [0.5, 0.6) is 0 Å². The molecule has 0 saturated carbocycles. The second-order valence-corrected chi connectivity index (χ2v) is 5.99. The summed E-state index contributed by atoms with van der Waals surface area (Å²) in [4.78, 5) is 16.2. The van der Waals surface area contributed by atoms with Crippen molar-refractivity contribution in [1.29, 1.82) is 0 Å². The second-order valence-electron chi connectivity index (χ2n) is 5.99. The first kappa shape index (κ1) is 15.2. The number of carbonyl (C=O) groups excluding carboxylic acids is 1. The van der Waals surface area contributed by atoms with E-state index in [2.05, 4.69) is 27.5 Å². The summed E-state index contributed by atoms with van der Waals surface area (Å²) in [6.07, 6.45) is 5.12. The van der Waals surface area contributed by atoms with Gasteiger partial charge in [0.1, 0.15) is 6.54 Å². The van der Waals surface area contributed by atoms with Crippen LogP contribution in [0.3, 0.4) is 0 Å². The van der Waals surface area contributed by atoms with Crippen molar-refractivity contribution >= 4 is 11.6 Å². The van der Waals surface area contributed by atoms with E-state index in [-0.39, 0.29) is 5.91 Å². The van der Waals surface area contributed by atoms with E-state index < -0.39 is 5.41 Å². The Morgan fingerprint density at radius 1 is 1.43 bits per heavy atom. The van der Waals surface area contributed by atoms with Crippen molar-refractivity contribution < 1.29 is 9.32 Å². The smallest absolute Gasteiger partial charge is 0.248 e. The molecule has 1 N–H and O–H groups in total. The number of rotatable bonds is 5. The molecule has 114 valence electrons. The van der Waals surface area contributed by atoms with E-state index >= 15 is 0 Å². The maximum atomic E-state index is 11.9. The molecule has 0 aliphatic heterocycles. The van der Waals surface area contributed by atoms with Gasteiger partial charge in [0.05, 0.1) is 11.9 Å². The molecule has 1 amide bonds. The molecule has 0 bridgehead atoms. The fourth-order valence-electron chi connectivity index (χ4n) is 1.65. The van der Waals surface area contributed by atoms with Crippen molar-refractivity contribution in [2.75, 3.05) is 5.32 Å². The fraction of sp³-hybridized carbons (Fsp3) is 0.571. The fourth-order valence-corrected chi connectivity index (χ4v) is 1.65. The molecular weight excluding hydrogens is 270 g/mol. The summed E-state index contributed by atoms with van der Waals surface area (Å²) in [6, 6.07) is 0. The highest BCUT2D eigenvalue weighted by Gasteiger charge is 2.21. The normalized spacial score (nSPS) is 11.6. The van der Waals surface area contributed by atoms with Crippen LogP contribution in [0.25, 0.3) is 0 Å². The van der Waals surface area contributed by atoms with Crippen molar-refractivity contribution in [3.63, 3.8) is 0 Å². The van der Waals surface area contributed by atoms with Crippen molar-refractivity contribution in [3.8, 4) is 0 Å². The quantitative estimate of drug-likeness (QED) is 0.913. The summed E-state index contributed by atoms with van der Waals surface area (Å²) in [6.45, 7) is 8.04. The van der Waals surface area contributed by atoms with Crippen molar-refractivity contribution in [3.05, 3.63) is 24.1 Å². The number of aryl methyl sites for hydroxylation is 1. The highest BCUT2D eigenvalue weighted by Crippen LogP contribution is 2.17. The van der Waals surface area contributed by atoms with Gasteiger partial charge in [-0.05, 0) is 6.42 Å². The van der Waals surface area contributed by atoms with Crippen LogP contribution in [0.2, 0.25) is 0 Å². The van der Waals surface area contributed by atoms with E-state index in [0.717, 1.165) is 12.8 Å². The number of hydrogen-bond donors (Lipinski definition) is 1. The Bertz CT molecular complexity index is 609. The highest BCUT2D eigenvalue weighted by molar-refractivity contribution is 5.94. The molecule has 0 radical (unpaired) electrons. The number of nitrogens with one attached hydrogen (secondary N) is 1. The average molecular weight is 291 g/mol. The first-order chi connectivity index (χ1) is 9.88. The zero-order valence-corrected chi connectivity index (χ0v) is 12.9. The third-order valence-corrected chi connectivity index (χ3v) is 2.85. The maximum Gasteiger partial charge on any atom is 0.248 e. The SMILES string of the molecule is CCCc1noc(Cn2cc(NC(=O)C(C)(C)C)cn2)n1. The van der Waals surface area contributed by atoms with Crippen molar-refractivity contribution in [2.45, 2.75) is 47.1 Å². The minimum atomic E-state index is -0.441. The van der Waals surface area contributed by atoms with Gasteiger partial charge in [-0.3, -0.25) is 9.48 Å². The molecule has 0 aromatic carbocycles. The maximum absolute atomic E-state index is 11.9. The van der Waals surface area contributed by atoms with Gasteiger partial charge in [0.2, 0.25) is 11.8 Å². The lowest BCUT2D eigenvalue weighted by Crippen LogP contribution is -2.27. The zero-order valence-electron chi connectivity index (χ0n) is 12.9. The van der Waals surface area contributed by atoms with Crippen LogP contribution in [0.15, 0.2) is 16.9 Å². The molecule has 0 spiro atoms. The Balaban J connectivity index is 1.98. The van der Waals surface area contributed by atoms with Gasteiger partial charge in [-0.15, -0.1) is 0 Å². The van der Waals surface area contributed by atoms with E-state index in [1.165, 1.54) is 0 Å². The largest absolute Gasteiger partial charge is 0.337 e. The van der Waals surface area contributed by atoms with E-state index in [0.29, 0.717) is 23.9 Å². The highest BCUT2D eigenvalue weighted by atomic mass is 16.5. The minimum absolute atomic E-state index is 0.0509. The van der Waals surface area contributed by atoms with E-state index in [9.17, 15) is 4.79 Å². The standard InChI is InChI=1S/C14H21N5O2/c1-5-6-11-17-12(21-18-11)9-19-8-10(7-15-19)16-13(20)14(2,3)4/h7-8H,5-6,9H2,1-4H3,(H,16,20). The van der Waals surface area contributed by atoms with Crippen LogP contribution >= 0.6 is 0 Å². The average Bonchev–Trinajstić information content (AvgIpc) is 2.99. The number of anilines is 1.